The van der Waals surface area contributed by atoms with Gasteiger partial charge in [-0.3, -0.25) is 4.79 Å². The van der Waals surface area contributed by atoms with Gasteiger partial charge in [-0.15, -0.1) is 11.3 Å². The SMILES string of the molecule is C=CC(=O)NCC1OCCc2sc(F)cc21. The van der Waals surface area contributed by atoms with Crippen LogP contribution in [0.1, 0.15) is 16.5 Å². The maximum Gasteiger partial charge on any atom is 0.243 e. The first-order valence-corrected chi connectivity index (χ1v) is 5.82. The van der Waals surface area contributed by atoms with E-state index >= 15 is 0 Å². The first kappa shape index (κ1) is 11.3. The van der Waals surface area contributed by atoms with Crippen LogP contribution in [0.5, 0.6) is 0 Å². The number of carbonyl (C=O) groups excluding carboxylic acids is 1. The summed E-state index contributed by atoms with van der Waals surface area (Å²) in [5.74, 6) is -0.244. The Labute approximate surface area is 96.9 Å². The molecule has 0 aliphatic carbocycles. The van der Waals surface area contributed by atoms with Crippen LogP contribution in [0.4, 0.5) is 4.39 Å². The number of thiophene rings is 1. The number of fused-ring (bicyclic) bond motifs is 1. The number of carbonyl (C=O) groups is 1. The minimum Gasteiger partial charge on any atom is -0.371 e. The quantitative estimate of drug-likeness (QED) is 0.819. The third kappa shape index (κ3) is 2.31. The van der Waals surface area contributed by atoms with Crippen molar-refractivity contribution < 1.29 is 13.9 Å². The Hall–Kier alpha value is -1.20. The standard InChI is InChI=1S/C11H12FNO2S/c1-2-11(14)13-6-8-7-5-10(12)16-9(7)3-4-15-8/h2,5,8H,1,3-4,6H2,(H,13,14). The van der Waals surface area contributed by atoms with Crippen molar-refractivity contribution in [3.05, 3.63) is 34.3 Å². The highest BCUT2D eigenvalue weighted by atomic mass is 32.1. The first-order valence-electron chi connectivity index (χ1n) is 5.00. The highest BCUT2D eigenvalue weighted by molar-refractivity contribution is 7.10. The molecular weight excluding hydrogens is 229 g/mol. The molecule has 1 aliphatic rings. The van der Waals surface area contributed by atoms with E-state index in [-0.39, 0.29) is 17.1 Å². The van der Waals surface area contributed by atoms with Crippen molar-refractivity contribution in [1.29, 1.82) is 0 Å². The normalized spacial score (nSPS) is 18.9. The van der Waals surface area contributed by atoms with E-state index in [2.05, 4.69) is 11.9 Å². The van der Waals surface area contributed by atoms with E-state index in [1.165, 1.54) is 12.1 Å². The third-order valence-electron chi connectivity index (χ3n) is 2.45. The Morgan fingerprint density at radius 2 is 2.62 bits per heavy atom. The lowest BCUT2D eigenvalue weighted by molar-refractivity contribution is -0.117. The monoisotopic (exact) mass is 241 g/mol. The van der Waals surface area contributed by atoms with Crippen LogP contribution in [0.2, 0.25) is 0 Å². The largest absolute Gasteiger partial charge is 0.371 e. The average Bonchev–Trinajstić information content (AvgIpc) is 2.66. The molecule has 0 aromatic carbocycles. The van der Waals surface area contributed by atoms with Crippen LogP contribution in [0.3, 0.4) is 0 Å². The number of amides is 1. The van der Waals surface area contributed by atoms with Crippen molar-refractivity contribution in [2.24, 2.45) is 0 Å². The van der Waals surface area contributed by atoms with Gasteiger partial charge in [0, 0.05) is 17.8 Å². The van der Waals surface area contributed by atoms with Gasteiger partial charge in [-0.2, -0.15) is 4.39 Å². The van der Waals surface area contributed by atoms with Crippen LogP contribution in [0.25, 0.3) is 0 Å². The van der Waals surface area contributed by atoms with Crippen molar-refractivity contribution in [1.82, 2.24) is 5.32 Å². The van der Waals surface area contributed by atoms with Crippen LogP contribution in [-0.2, 0) is 16.0 Å². The molecular formula is C11H12FNO2S. The van der Waals surface area contributed by atoms with E-state index in [9.17, 15) is 9.18 Å². The summed E-state index contributed by atoms with van der Waals surface area (Å²) in [6.07, 6.45) is 1.71. The van der Waals surface area contributed by atoms with Gasteiger partial charge < -0.3 is 10.1 Å². The van der Waals surface area contributed by atoms with Gasteiger partial charge in [-0.25, -0.2) is 0 Å². The molecule has 0 bridgehead atoms. The maximum absolute atomic E-state index is 13.1. The van der Waals surface area contributed by atoms with Crippen LogP contribution < -0.4 is 5.32 Å². The zero-order chi connectivity index (χ0) is 11.5. The van der Waals surface area contributed by atoms with Gasteiger partial charge in [0.1, 0.15) is 6.10 Å². The average molecular weight is 241 g/mol. The number of hydrogen-bond donors (Lipinski definition) is 1. The Morgan fingerprint density at radius 1 is 1.81 bits per heavy atom. The number of halogens is 1. The summed E-state index contributed by atoms with van der Waals surface area (Å²) < 4.78 is 18.6. The van der Waals surface area contributed by atoms with Crippen LogP contribution in [0, 0.1) is 5.13 Å². The molecule has 0 saturated heterocycles. The van der Waals surface area contributed by atoms with Gasteiger partial charge in [0.15, 0.2) is 5.13 Å². The number of nitrogens with one attached hydrogen (secondary N) is 1. The van der Waals surface area contributed by atoms with E-state index in [0.29, 0.717) is 13.2 Å². The van der Waals surface area contributed by atoms with Gasteiger partial charge >= 0.3 is 0 Å². The van der Waals surface area contributed by atoms with Gasteiger partial charge in [0.05, 0.1) is 6.61 Å². The lowest BCUT2D eigenvalue weighted by Gasteiger charge is -2.23. The number of hydrogen-bond acceptors (Lipinski definition) is 3. The lowest BCUT2D eigenvalue weighted by atomic mass is 10.1. The molecule has 0 fully saturated rings. The summed E-state index contributed by atoms with van der Waals surface area (Å²) in [4.78, 5) is 12.0. The molecule has 0 saturated carbocycles. The Bertz CT molecular complexity index is 416. The smallest absolute Gasteiger partial charge is 0.243 e. The molecule has 1 N–H and O–H groups in total. The van der Waals surface area contributed by atoms with Crippen molar-refractivity contribution in [3.8, 4) is 0 Å². The molecule has 3 nitrogen and oxygen atoms in total. The molecule has 0 spiro atoms. The van der Waals surface area contributed by atoms with E-state index in [4.69, 9.17) is 4.74 Å². The fourth-order valence-electron chi connectivity index (χ4n) is 1.69. The van der Waals surface area contributed by atoms with Crippen LogP contribution >= 0.6 is 11.3 Å². The molecule has 1 atom stereocenters. The Balaban J connectivity index is 2.06. The summed E-state index contributed by atoms with van der Waals surface area (Å²) in [5.41, 5.74) is 0.859. The Morgan fingerprint density at radius 3 is 3.38 bits per heavy atom. The van der Waals surface area contributed by atoms with Crippen LogP contribution in [-0.4, -0.2) is 19.1 Å². The third-order valence-corrected chi connectivity index (χ3v) is 3.45. The van der Waals surface area contributed by atoms with E-state index in [1.807, 2.05) is 0 Å². The molecule has 1 amide bonds. The van der Waals surface area contributed by atoms with Gasteiger partial charge in [-0.05, 0) is 17.7 Å². The molecule has 1 aliphatic heterocycles. The summed E-state index contributed by atoms with van der Waals surface area (Å²) in [5, 5.41) is 2.45. The number of ether oxygens (including phenoxy) is 1. The predicted octanol–water partition coefficient (Wildman–Crippen LogP) is 1.80. The summed E-state index contributed by atoms with van der Waals surface area (Å²) in [7, 11) is 0. The van der Waals surface area contributed by atoms with Crippen molar-refractivity contribution in [3.63, 3.8) is 0 Å². The molecule has 1 aromatic rings. The van der Waals surface area contributed by atoms with Gasteiger partial charge in [-0.1, -0.05) is 6.58 Å². The second-order valence-corrected chi connectivity index (χ2v) is 4.57. The number of rotatable bonds is 3. The molecule has 1 unspecified atom stereocenters. The maximum atomic E-state index is 13.1. The molecule has 0 radical (unpaired) electrons. The molecule has 86 valence electrons. The molecule has 1 aromatic heterocycles. The molecule has 16 heavy (non-hydrogen) atoms. The molecule has 2 rings (SSSR count). The van der Waals surface area contributed by atoms with E-state index in [0.717, 1.165) is 28.2 Å². The minimum absolute atomic E-state index is 0.199. The summed E-state index contributed by atoms with van der Waals surface area (Å²) in [6.45, 7) is 4.29. The fourth-order valence-corrected chi connectivity index (χ4v) is 2.61. The Kier molecular flexibility index (Phi) is 3.36. The minimum atomic E-state index is -0.244. The van der Waals surface area contributed by atoms with Crippen molar-refractivity contribution >= 4 is 17.2 Å². The van der Waals surface area contributed by atoms with E-state index < -0.39 is 0 Å². The summed E-state index contributed by atoms with van der Waals surface area (Å²) >= 11 is 1.15. The zero-order valence-corrected chi connectivity index (χ0v) is 9.48. The van der Waals surface area contributed by atoms with Crippen molar-refractivity contribution in [2.75, 3.05) is 13.2 Å². The molecule has 2 heterocycles. The highest BCUT2D eigenvalue weighted by Crippen LogP contribution is 2.32. The second kappa shape index (κ2) is 4.76. The van der Waals surface area contributed by atoms with Crippen molar-refractivity contribution in [2.45, 2.75) is 12.5 Å². The summed E-state index contributed by atoms with van der Waals surface area (Å²) in [6, 6.07) is 1.49. The predicted molar refractivity (Wildman–Crippen MR) is 59.9 cm³/mol. The topological polar surface area (TPSA) is 38.3 Å². The van der Waals surface area contributed by atoms with Gasteiger partial charge in [0.2, 0.25) is 5.91 Å². The van der Waals surface area contributed by atoms with Crippen LogP contribution in [0.15, 0.2) is 18.7 Å². The fraction of sp³-hybridized carbons (Fsp3) is 0.364. The second-order valence-electron chi connectivity index (χ2n) is 3.49. The van der Waals surface area contributed by atoms with Gasteiger partial charge in [0.25, 0.3) is 0 Å². The molecule has 5 heteroatoms. The zero-order valence-electron chi connectivity index (χ0n) is 8.66. The highest BCUT2D eigenvalue weighted by Gasteiger charge is 2.23. The lowest BCUT2D eigenvalue weighted by Crippen LogP contribution is -2.30. The van der Waals surface area contributed by atoms with E-state index in [1.54, 1.807) is 0 Å². The first-order chi connectivity index (χ1) is 7.70.